The van der Waals surface area contributed by atoms with E-state index in [1.165, 1.54) is 13.2 Å². The average Bonchev–Trinajstić information content (AvgIpc) is 3.09. The Balaban J connectivity index is 0.00000364. The van der Waals surface area contributed by atoms with E-state index in [2.05, 4.69) is 34.5 Å². The molecule has 0 bridgehead atoms. The number of methoxy groups -OCH3 is 1. The molecule has 27 heavy (non-hydrogen) atoms. The van der Waals surface area contributed by atoms with Crippen LogP contribution in [-0.2, 0) is 6.54 Å². The van der Waals surface area contributed by atoms with Gasteiger partial charge < -0.3 is 15.4 Å². The van der Waals surface area contributed by atoms with E-state index in [4.69, 9.17) is 4.74 Å². The van der Waals surface area contributed by atoms with Crippen LogP contribution in [0.15, 0.2) is 28.6 Å². The number of hydrogen-bond donors (Lipinski definition) is 2. The molecule has 1 unspecified atom stereocenters. The summed E-state index contributed by atoms with van der Waals surface area (Å²) in [6, 6.07) is 4.86. The standard InChI is InChI=1S/C19H27FN4OS.HI/c1-6-21-19(22-10-15-11-26-18(24-15)12(2)3)23-13(4)14-7-8-17(25-5)16(20)9-14;/h7-9,11-13H,6,10H2,1-5H3,(H2,21,22,23);1H. The van der Waals surface area contributed by atoms with E-state index in [1.807, 2.05) is 25.3 Å². The molecule has 0 saturated carbocycles. The molecule has 2 aromatic rings. The largest absolute Gasteiger partial charge is 0.494 e. The van der Waals surface area contributed by atoms with Crippen LogP contribution in [0.1, 0.15) is 55.9 Å². The highest BCUT2D eigenvalue weighted by atomic mass is 127. The summed E-state index contributed by atoms with van der Waals surface area (Å²) < 4.78 is 18.9. The van der Waals surface area contributed by atoms with Crippen LogP contribution < -0.4 is 15.4 Å². The van der Waals surface area contributed by atoms with Crippen molar-refractivity contribution in [1.82, 2.24) is 15.6 Å². The van der Waals surface area contributed by atoms with E-state index in [-0.39, 0.29) is 41.6 Å². The molecule has 0 aliphatic carbocycles. The third kappa shape index (κ3) is 6.91. The highest BCUT2D eigenvalue weighted by Crippen LogP contribution is 2.22. The second-order valence-corrected chi connectivity index (χ2v) is 7.18. The number of thiazole rings is 1. The Bertz CT molecular complexity index is 751. The summed E-state index contributed by atoms with van der Waals surface area (Å²) >= 11 is 1.66. The third-order valence-electron chi connectivity index (χ3n) is 3.84. The molecule has 0 spiro atoms. The van der Waals surface area contributed by atoms with Crippen LogP contribution >= 0.6 is 35.3 Å². The molecule has 5 nitrogen and oxygen atoms in total. The molecule has 0 saturated heterocycles. The van der Waals surface area contributed by atoms with Crippen molar-refractivity contribution < 1.29 is 9.13 Å². The Morgan fingerprint density at radius 3 is 2.63 bits per heavy atom. The average molecular weight is 506 g/mol. The van der Waals surface area contributed by atoms with Gasteiger partial charge >= 0.3 is 0 Å². The van der Waals surface area contributed by atoms with Crippen molar-refractivity contribution in [2.75, 3.05) is 13.7 Å². The van der Waals surface area contributed by atoms with Crippen LogP contribution in [0.2, 0.25) is 0 Å². The van der Waals surface area contributed by atoms with Gasteiger partial charge in [-0.1, -0.05) is 19.9 Å². The van der Waals surface area contributed by atoms with E-state index < -0.39 is 0 Å². The number of rotatable bonds is 7. The molecule has 1 heterocycles. The van der Waals surface area contributed by atoms with Crippen molar-refractivity contribution in [3.63, 3.8) is 0 Å². The van der Waals surface area contributed by atoms with Crippen molar-refractivity contribution in [2.45, 2.75) is 46.2 Å². The highest BCUT2D eigenvalue weighted by Gasteiger charge is 2.12. The van der Waals surface area contributed by atoms with Gasteiger partial charge in [-0.05, 0) is 31.5 Å². The lowest BCUT2D eigenvalue weighted by atomic mass is 10.1. The van der Waals surface area contributed by atoms with Crippen molar-refractivity contribution in [2.24, 2.45) is 4.99 Å². The normalized spacial score (nSPS) is 12.5. The number of aromatic nitrogens is 1. The number of halogens is 2. The summed E-state index contributed by atoms with van der Waals surface area (Å²) in [5, 5.41) is 9.69. The molecule has 150 valence electrons. The molecular weight excluding hydrogens is 478 g/mol. The number of guanidine groups is 1. The molecular formula is C19H28FIN4OS. The summed E-state index contributed by atoms with van der Waals surface area (Å²) in [6.07, 6.45) is 0. The fourth-order valence-corrected chi connectivity index (χ4v) is 3.21. The van der Waals surface area contributed by atoms with Gasteiger partial charge in [0.2, 0.25) is 0 Å². The van der Waals surface area contributed by atoms with Crippen molar-refractivity contribution in [3.8, 4) is 5.75 Å². The molecule has 0 aliphatic rings. The minimum atomic E-state index is -0.371. The Morgan fingerprint density at radius 2 is 2.07 bits per heavy atom. The Labute approximate surface area is 181 Å². The summed E-state index contributed by atoms with van der Waals surface area (Å²) in [4.78, 5) is 9.20. The van der Waals surface area contributed by atoms with E-state index in [1.54, 1.807) is 17.4 Å². The Morgan fingerprint density at radius 1 is 1.33 bits per heavy atom. The molecule has 0 amide bonds. The second-order valence-electron chi connectivity index (χ2n) is 6.29. The van der Waals surface area contributed by atoms with Crippen molar-refractivity contribution >= 4 is 41.3 Å². The zero-order valence-corrected chi connectivity index (χ0v) is 19.5. The third-order valence-corrected chi connectivity index (χ3v) is 5.03. The molecule has 0 aliphatic heterocycles. The summed E-state index contributed by atoms with van der Waals surface area (Å²) in [7, 11) is 1.46. The maximum atomic E-state index is 13.9. The van der Waals surface area contributed by atoms with Gasteiger partial charge in [0.05, 0.1) is 30.4 Å². The smallest absolute Gasteiger partial charge is 0.192 e. The number of nitrogens with one attached hydrogen (secondary N) is 2. The monoisotopic (exact) mass is 506 g/mol. The highest BCUT2D eigenvalue weighted by molar-refractivity contribution is 14.0. The van der Waals surface area contributed by atoms with Gasteiger partial charge in [0.15, 0.2) is 17.5 Å². The maximum absolute atomic E-state index is 13.9. The first-order valence-electron chi connectivity index (χ1n) is 8.77. The Hall–Kier alpha value is -1.42. The van der Waals surface area contributed by atoms with Gasteiger partial charge in [-0.2, -0.15) is 0 Å². The van der Waals surface area contributed by atoms with Gasteiger partial charge in [0.1, 0.15) is 0 Å². The first-order chi connectivity index (χ1) is 12.4. The van der Waals surface area contributed by atoms with Gasteiger partial charge in [-0.15, -0.1) is 35.3 Å². The number of hydrogen-bond acceptors (Lipinski definition) is 4. The number of benzene rings is 1. The second kappa shape index (κ2) is 11.4. The first-order valence-corrected chi connectivity index (χ1v) is 9.65. The number of nitrogens with zero attached hydrogens (tertiary/aromatic N) is 2. The fraction of sp³-hybridized carbons (Fsp3) is 0.474. The van der Waals surface area contributed by atoms with Crippen LogP contribution in [0.3, 0.4) is 0 Å². The molecule has 0 fully saturated rings. The lowest BCUT2D eigenvalue weighted by Crippen LogP contribution is -2.38. The maximum Gasteiger partial charge on any atom is 0.192 e. The summed E-state index contributed by atoms with van der Waals surface area (Å²) in [5.74, 6) is 0.972. The zero-order chi connectivity index (χ0) is 19.1. The topological polar surface area (TPSA) is 58.5 Å². The van der Waals surface area contributed by atoms with Gasteiger partial charge in [0.25, 0.3) is 0 Å². The molecule has 8 heteroatoms. The number of aliphatic imine (C=N–C) groups is 1. The zero-order valence-electron chi connectivity index (χ0n) is 16.4. The SMILES string of the molecule is CCNC(=NCc1csc(C(C)C)n1)NC(C)c1ccc(OC)c(F)c1.I. The predicted octanol–water partition coefficient (Wildman–Crippen LogP) is 4.85. The molecule has 1 atom stereocenters. The minimum Gasteiger partial charge on any atom is -0.494 e. The lowest BCUT2D eigenvalue weighted by molar-refractivity contribution is 0.386. The molecule has 2 rings (SSSR count). The first kappa shape index (κ1) is 23.6. The van der Waals surface area contributed by atoms with Gasteiger partial charge in [0, 0.05) is 17.8 Å². The number of ether oxygens (including phenoxy) is 1. The van der Waals surface area contributed by atoms with Crippen molar-refractivity contribution in [3.05, 3.63) is 45.7 Å². The van der Waals surface area contributed by atoms with E-state index in [9.17, 15) is 4.39 Å². The van der Waals surface area contributed by atoms with Gasteiger partial charge in [-0.25, -0.2) is 14.4 Å². The molecule has 0 radical (unpaired) electrons. The van der Waals surface area contributed by atoms with E-state index >= 15 is 0 Å². The lowest BCUT2D eigenvalue weighted by Gasteiger charge is -2.18. The summed E-state index contributed by atoms with van der Waals surface area (Å²) in [6.45, 7) is 9.48. The predicted molar refractivity (Wildman–Crippen MR) is 121 cm³/mol. The van der Waals surface area contributed by atoms with Crippen LogP contribution in [0.4, 0.5) is 4.39 Å². The summed E-state index contributed by atoms with van der Waals surface area (Å²) in [5.41, 5.74) is 1.78. The van der Waals surface area contributed by atoms with Crippen LogP contribution in [0.5, 0.6) is 5.75 Å². The van der Waals surface area contributed by atoms with Crippen LogP contribution in [-0.4, -0.2) is 24.6 Å². The molecule has 1 aromatic heterocycles. The Kier molecular flexibility index (Phi) is 10.00. The fourth-order valence-electron chi connectivity index (χ4n) is 2.38. The quantitative estimate of drug-likeness (QED) is 0.320. The van der Waals surface area contributed by atoms with Gasteiger partial charge in [-0.3, -0.25) is 0 Å². The van der Waals surface area contributed by atoms with Crippen LogP contribution in [0.25, 0.3) is 0 Å². The molecule has 1 aromatic carbocycles. The van der Waals surface area contributed by atoms with Crippen LogP contribution in [0, 0.1) is 5.82 Å². The van der Waals surface area contributed by atoms with E-state index in [0.29, 0.717) is 18.4 Å². The molecule has 2 N–H and O–H groups in total. The van der Waals surface area contributed by atoms with E-state index in [0.717, 1.165) is 22.8 Å². The van der Waals surface area contributed by atoms with Crippen molar-refractivity contribution in [1.29, 1.82) is 0 Å². The minimum absolute atomic E-state index is 0.